The third-order valence-electron chi connectivity index (χ3n) is 3.84. The Labute approximate surface area is 110 Å². The summed E-state index contributed by atoms with van der Waals surface area (Å²) in [6, 6.07) is -0.211. The minimum absolute atomic E-state index is 0.0336. The van der Waals surface area contributed by atoms with Gasteiger partial charge in [0, 0.05) is 11.8 Å². The van der Waals surface area contributed by atoms with Crippen LogP contribution in [0.1, 0.15) is 31.7 Å². The third-order valence-corrected chi connectivity index (χ3v) is 4.02. The van der Waals surface area contributed by atoms with Gasteiger partial charge < -0.3 is 5.11 Å². The van der Waals surface area contributed by atoms with Gasteiger partial charge in [0.25, 0.3) is 0 Å². The quantitative estimate of drug-likeness (QED) is 0.780. The van der Waals surface area contributed by atoms with Crippen molar-refractivity contribution in [1.29, 1.82) is 0 Å². The summed E-state index contributed by atoms with van der Waals surface area (Å²) >= 11 is 5.79. The molecule has 2 heterocycles. The number of hydrogen-bond donors (Lipinski definition) is 1. The first-order chi connectivity index (χ1) is 8.49. The standard InChI is InChI=1S/C12H14ClN3O2/c1-12(18)4-2-3-8(12)16-9(17)5-7-6-14-11(13)15-10(7)16/h6,8,18H,2-5H2,1H3/t8-,12+/m0/s1. The van der Waals surface area contributed by atoms with Crippen LogP contribution in [0.4, 0.5) is 5.82 Å². The highest BCUT2D eigenvalue weighted by Gasteiger charge is 2.46. The van der Waals surface area contributed by atoms with Gasteiger partial charge in [0.05, 0.1) is 18.1 Å². The lowest BCUT2D eigenvalue weighted by Gasteiger charge is -2.33. The molecular formula is C12H14ClN3O2. The number of halogens is 1. The normalized spacial score (nSPS) is 30.9. The van der Waals surface area contributed by atoms with E-state index in [-0.39, 0.29) is 17.2 Å². The second-order valence-corrected chi connectivity index (χ2v) is 5.53. The Balaban J connectivity index is 2.03. The van der Waals surface area contributed by atoms with E-state index in [0.717, 1.165) is 18.4 Å². The average Bonchev–Trinajstić information content (AvgIpc) is 2.77. The molecule has 1 aliphatic heterocycles. The number of anilines is 1. The van der Waals surface area contributed by atoms with Gasteiger partial charge in [-0.25, -0.2) is 4.98 Å². The van der Waals surface area contributed by atoms with Crippen molar-refractivity contribution in [2.75, 3.05) is 4.90 Å². The molecule has 96 valence electrons. The van der Waals surface area contributed by atoms with Crippen LogP contribution in [-0.2, 0) is 11.2 Å². The minimum Gasteiger partial charge on any atom is -0.388 e. The summed E-state index contributed by atoms with van der Waals surface area (Å²) in [5.74, 6) is 0.529. The van der Waals surface area contributed by atoms with E-state index < -0.39 is 5.60 Å². The molecule has 0 unspecified atom stereocenters. The topological polar surface area (TPSA) is 66.3 Å². The molecule has 0 aromatic carbocycles. The molecule has 6 heteroatoms. The monoisotopic (exact) mass is 267 g/mol. The van der Waals surface area contributed by atoms with Gasteiger partial charge in [-0.05, 0) is 37.8 Å². The number of fused-ring (bicyclic) bond motifs is 1. The Hall–Kier alpha value is -1.20. The molecule has 1 aliphatic carbocycles. The van der Waals surface area contributed by atoms with Crippen LogP contribution in [-0.4, -0.2) is 32.6 Å². The molecule has 2 atom stereocenters. The van der Waals surface area contributed by atoms with Crippen molar-refractivity contribution in [2.45, 2.75) is 44.2 Å². The van der Waals surface area contributed by atoms with Gasteiger partial charge in [0.15, 0.2) is 0 Å². The molecule has 0 radical (unpaired) electrons. The molecule has 1 fully saturated rings. The predicted octanol–water partition coefficient (Wildman–Crippen LogP) is 1.32. The molecule has 0 spiro atoms. The minimum atomic E-state index is -0.852. The Morgan fingerprint density at radius 1 is 1.61 bits per heavy atom. The number of hydrogen-bond acceptors (Lipinski definition) is 4. The largest absolute Gasteiger partial charge is 0.388 e. The fraction of sp³-hybridized carbons (Fsp3) is 0.583. The molecule has 18 heavy (non-hydrogen) atoms. The molecule has 1 amide bonds. The summed E-state index contributed by atoms with van der Waals surface area (Å²) in [4.78, 5) is 21.8. The molecule has 1 N–H and O–H groups in total. The first-order valence-corrected chi connectivity index (χ1v) is 6.43. The smallest absolute Gasteiger partial charge is 0.233 e. The number of rotatable bonds is 1. The Kier molecular flexibility index (Phi) is 2.57. The van der Waals surface area contributed by atoms with Crippen LogP contribution >= 0.6 is 11.6 Å². The zero-order valence-corrected chi connectivity index (χ0v) is 10.8. The van der Waals surface area contributed by atoms with Gasteiger partial charge in [0.2, 0.25) is 11.2 Å². The van der Waals surface area contributed by atoms with Gasteiger partial charge in [0.1, 0.15) is 5.82 Å². The van der Waals surface area contributed by atoms with E-state index in [1.54, 1.807) is 18.0 Å². The zero-order valence-electron chi connectivity index (χ0n) is 10.1. The number of aromatic nitrogens is 2. The van der Waals surface area contributed by atoms with E-state index in [1.165, 1.54) is 0 Å². The number of carbonyl (C=O) groups is 1. The third kappa shape index (κ3) is 1.69. The van der Waals surface area contributed by atoms with Crippen LogP contribution in [0.25, 0.3) is 0 Å². The van der Waals surface area contributed by atoms with Crippen molar-refractivity contribution >= 4 is 23.3 Å². The predicted molar refractivity (Wildman–Crippen MR) is 66.5 cm³/mol. The summed E-state index contributed by atoms with van der Waals surface area (Å²) in [7, 11) is 0. The van der Waals surface area contributed by atoms with Crippen LogP contribution in [0.15, 0.2) is 6.20 Å². The first-order valence-electron chi connectivity index (χ1n) is 6.05. The maximum Gasteiger partial charge on any atom is 0.233 e. The zero-order chi connectivity index (χ0) is 12.9. The van der Waals surface area contributed by atoms with Crippen molar-refractivity contribution < 1.29 is 9.90 Å². The van der Waals surface area contributed by atoms with Gasteiger partial charge >= 0.3 is 0 Å². The van der Waals surface area contributed by atoms with E-state index in [4.69, 9.17) is 11.6 Å². The molecule has 1 aromatic rings. The molecule has 3 rings (SSSR count). The summed E-state index contributed by atoms with van der Waals surface area (Å²) < 4.78 is 0. The number of amides is 1. The van der Waals surface area contributed by atoms with E-state index in [9.17, 15) is 9.90 Å². The van der Waals surface area contributed by atoms with Crippen LogP contribution in [0, 0.1) is 0 Å². The summed E-state index contributed by atoms with van der Waals surface area (Å²) in [6.45, 7) is 1.78. The SMILES string of the molecule is C[C@@]1(O)CCC[C@@H]1N1C(=O)Cc2cnc(Cl)nc21. The van der Waals surface area contributed by atoms with Crippen molar-refractivity contribution in [2.24, 2.45) is 0 Å². The highest BCUT2D eigenvalue weighted by atomic mass is 35.5. The van der Waals surface area contributed by atoms with E-state index >= 15 is 0 Å². The Morgan fingerprint density at radius 2 is 2.39 bits per heavy atom. The van der Waals surface area contributed by atoms with Crippen molar-refractivity contribution in [3.05, 3.63) is 17.0 Å². The Morgan fingerprint density at radius 3 is 3.06 bits per heavy atom. The van der Waals surface area contributed by atoms with E-state index in [2.05, 4.69) is 9.97 Å². The lowest BCUT2D eigenvalue weighted by Crippen LogP contribution is -2.49. The van der Waals surface area contributed by atoms with Gasteiger partial charge in [-0.15, -0.1) is 0 Å². The van der Waals surface area contributed by atoms with Crippen LogP contribution in [0.5, 0.6) is 0 Å². The lowest BCUT2D eigenvalue weighted by molar-refractivity contribution is -0.118. The van der Waals surface area contributed by atoms with Crippen molar-refractivity contribution in [3.8, 4) is 0 Å². The second kappa shape index (κ2) is 3.90. The van der Waals surface area contributed by atoms with Crippen molar-refractivity contribution in [3.63, 3.8) is 0 Å². The number of carbonyl (C=O) groups excluding carboxylic acids is 1. The molecule has 2 aliphatic rings. The van der Waals surface area contributed by atoms with Crippen LogP contribution in [0.2, 0.25) is 5.28 Å². The second-order valence-electron chi connectivity index (χ2n) is 5.19. The van der Waals surface area contributed by atoms with Gasteiger partial charge in [-0.1, -0.05) is 0 Å². The highest BCUT2D eigenvalue weighted by molar-refractivity contribution is 6.28. The number of nitrogens with zero attached hydrogens (tertiary/aromatic N) is 3. The van der Waals surface area contributed by atoms with E-state index in [1.807, 2.05) is 0 Å². The van der Waals surface area contributed by atoms with Gasteiger partial charge in [-0.2, -0.15) is 4.98 Å². The summed E-state index contributed by atoms with van der Waals surface area (Å²) in [5.41, 5.74) is -0.0681. The van der Waals surface area contributed by atoms with Crippen LogP contribution in [0.3, 0.4) is 0 Å². The molecule has 5 nitrogen and oxygen atoms in total. The molecule has 0 bridgehead atoms. The van der Waals surface area contributed by atoms with Crippen molar-refractivity contribution in [1.82, 2.24) is 9.97 Å². The molecule has 1 saturated carbocycles. The van der Waals surface area contributed by atoms with E-state index in [0.29, 0.717) is 18.7 Å². The number of aliphatic hydroxyl groups is 1. The molecule has 0 saturated heterocycles. The van der Waals surface area contributed by atoms with Crippen LogP contribution < -0.4 is 4.90 Å². The lowest BCUT2D eigenvalue weighted by atomic mass is 9.99. The summed E-state index contributed by atoms with van der Waals surface area (Å²) in [5, 5.41) is 10.5. The molecular weight excluding hydrogens is 254 g/mol. The summed E-state index contributed by atoms with van der Waals surface area (Å²) in [6.07, 6.45) is 4.29. The fourth-order valence-electron chi connectivity index (χ4n) is 2.94. The fourth-order valence-corrected chi connectivity index (χ4v) is 3.06. The average molecular weight is 268 g/mol. The first kappa shape index (κ1) is 11.9. The Bertz CT molecular complexity index is 518. The highest BCUT2D eigenvalue weighted by Crippen LogP contribution is 2.39. The molecule has 1 aromatic heterocycles. The van der Waals surface area contributed by atoms with Gasteiger partial charge in [-0.3, -0.25) is 9.69 Å². The maximum absolute atomic E-state index is 12.1. The maximum atomic E-state index is 12.1.